The van der Waals surface area contributed by atoms with E-state index in [0.717, 1.165) is 11.3 Å². The van der Waals surface area contributed by atoms with Gasteiger partial charge in [0.1, 0.15) is 5.75 Å². The fourth-order valence-corrected chi connectivity index (χ4v) is 2.58. The molecule has 0 bridgehead atoms. The van der Waals surface area contributed by atoms with E-state index < -0.39 is 0 Å². The number of nitrogens with two attached hydrogens (primary N) is 1. The maximum absolute atomic E-state index is 5.91. The van der Waals surface area contributed by atoms with Crippen LogP contribution in [0.15, 0.2) is 18.2 Å². The number of methoxy groups -OCH3 is 1. The van der Waals surface area contributed by atoms with Crippen LogP contribution in [0, 0.1) is 12.8 Å². The highest BCUT2D eigenvalue weighted by Crippen LogP contribution is 2.41. The van der Waals surface area contributed by atoms with Crippen molar-refractivity contribution in [1.29, 1.82) is 0 Å². The molecule has 2 unspecified atom stereocenters. The first-order valence-corrected chi connectivity index (χ1v) is 6.93. The van der Waals surface area contributed by atoms with Crippen LogP contribution in [0.2, 0.25) is 0 Å². The number of aryl methyl sites for hydroxylation is 1. The molecule has 0 spiro atoms. The van der Waals surface area contributed by atoms with Gasteiger partial charge in [-0.05, 0) is 38.7 Å². The second kappa shape index (κ2) is 6.37. The van der Waals surface area contributed by atoms with Crippen LogP contribution in [-0.4, -0.2) is 19.8 Å². The lowest BCUT2D eigenvalue weighted by Crippen LogP contribution is -2.39. The van der Waals surface area contributed by atoms with E-state index in [0.29, 0.717) is 12.5 Å². The molecule has 1 aromatic rings. The van der Waals surface area contributed by atoms with Crippen molar-refractivity contribution in [3.63, 3.8) is 0 Å². The highest BCUT2D eigenvalue weighted by molar-refractivity contribution is 5.40. The summed E-state index contributed by atoms with van der Waals surface area (Å²) in [5.41, 5.74) is 5.20. The van der Waals surface area contributed by atoms with Crippen LogP contribution in [0.25, 0.3) is 0 Å². The Bertz CT molecular complexity index is 419. The van der Waals surface area contributed by atoms with E-state index in [1.807, 2.05) is 19.1 Å². The third-order valence-electron chi connectivity index (χ3n) is 3.67. The molecule has 2 atom stereocenters. The van der Waals surface area contributed by atoms with E-state index in [2.05, 4.69) is 18.4 Å². The molecule has 0 saturated heterocycles. The molecule has 0 heterocycles. The summed E-state index contributed by atoms with van der Waals surface area (Å²) in [6, 6.07) is 6.13. The normalized spacial score (nSPS) is 18.1. The SMILES string of the molecule is CCOC(C1CC1)C(NN)c1cc(C)ccc1OC. The first-order chi connectivity index (χ1) is 9.21. The molecule has 4 heteroatoms. The summed E-state index contributed by atoms with van der Waals surface area (Å²) in [4.78, 5) is 0. The third-order valence-corrected chi connectivity index (χ3v) is 3.67. The molecule has 19 heavy (non-hydrogen) atoms. The van der Waals surface area contributed by atoms with Crippen molar-refractivity contribution < 1.29 is 9.47 Å². The van der Waals surface area contributed by atoms with E-state index in [4.69, 9.17) is 15.3 Å². The van der Waals surface area contributed by atoms with Crippen LogP contribution in [0.4, 0.5) is 0 Å². The monoisotopic (exact) mass is 264 g/mol. The molecule has 0 amide bonds. The third kappa shape index (κ3) is 3.26. The van der Waals surface area contributed by atoms with Gasteiger partial charge in [0.25, 0.3) is 0 Å². The van der Waals surface area contributed by atoms with Gasteiger partial charge in [-0.2, -0.15) is 0 Å². The van der Waals surface area contributed by atoms with Crippen molar-refractivity contribution in [3.8, 4) is 5.75 Å². The summed E-state index contributed by atoms with van der Waals surface area (Å²) in [7, 11) is 1.69. The predicted molar refractivity (Wildman–Crippen MR) is 75.9 cm³/mol. The Morgan fingerprint density at radius 2 is 2.16 bits per heavy atom. The van der Waals surface area contributed by atoms with Crippen LogP contribution < -0.4 is 16.0 Å². The molecule has 1 saturated carbocycles. The average Bonchev–Trinajstić information content (AvgIpc) is 3.23. The number of nitrogens with one attached hydrogen (secondary N) is 1. The number of hydrazine groups is 1. The van der Waals surface area contributed by atoms with Gasteiger partial charge in [0.15, 0.2) is 0 Å². The van der Waals surface area contributed by atoms with Crippen LogP contribution in [0.3, 0.4) is 0 Å². The van der Waals surface area contributed by atoms with Crippen molar-refractivity contribution in [3.05, 3.63) is 29.3 Å². The number of hydrogen-bond donors (Lipinski definition) is 2. The van der Waals surface area contributed by atoms with Gasteiger partial charge in [-0.1, -0.05) is 17.7 Å². The molecule has 1 aromatic carbocycles. The van der Waals surface area contributed by atoms with Crippen LogP contribution in [-0.2, 0) is 4.74 Å². The van der Waals surface area contributed by atoms with Crippen LogP contribution in [0.5, 0.6) is 5.75 Å². The van der Waals surface area contributed by atoms with Crippen molar-refractivity contribution in [2.75, 3.05) is 13.7 Å². The van der Waals surface area contributed by atoms with E-state index in [1.54, 1.807) is 7.11 Å². The van der Waals surface area contributed by atoms with Crippen molar-refractivity contribution >= 4 is 0 Å². The summed E-state index contributed by atoms with van der Waals surface area (Å²) < 4.78 is 11.4. The maximum atomic E-state index is 5.91. The lowest BCUT2D eigenvalue weighted by atomic mass is 9.96. The van der Waals surface area contributed by atoms with Crippen LogP contribution >= 0.6 is 0 Å². The van der Waals surface area contributed by atoms with Gasteiger partial charge in [-0.25, -0.2) is 0 Å². The van der Waals surface area contributed by atoms with Gasteiger partial charge in [0.05, 0.1) is 19.3 Å². The minimum absolute atomic E-state index is 0.0256. The Hall–Kier alpha value is -1.10. The standard InChI is InChI=1S/C15H24N2O2/c1-4-19-15(11-6-7-11)14(17-16)12-9-10(2)5-8-13(12)18-3/h5,8-9,11,14-15,17H,4,6-7,16H2,1-3H3. The molecule has 1 aliphatic rings. The van der Waals surface area contributed by atoms with Gasteiger partial charge in [-0.3, -0.25) is 11.3 Å². The molecule has 0 aromatic heterocycles. The van der Waals surface area contributed by atoms with Gasteiger partial charge in [0.2, 0.25) is 0 Å². The molecule has 0 radical (unpaired) electrons. The minimum Gasteiger partial charge on any atom is -0.496 e. The molecule has 1 aliphatic carbocycles. The fraction of sp³-hybridized carbons (Fsp3) is 0.600. The molecule has 3 N–H and O–H groups in total. The zero-order chi connectivity index (χ0) is 13.8. The molecular weight excluding hydrogens is 240 g/mol. The number of rotatable bonds is 7. The molecule has 4 nitrogen and oxygen atoms in total. The lowest BCUT2D eigenvalue weighted by Gasteiger charge is -2.28. The van der Waals surface area contributed by atoms with E-state index in [1.165, 1.54) is 18.4 Å². The highest BCUT2D eigenvalue weighted by Gasteiger charge is 2.38. The highest BCUT2D eigenvalue weighted by atomic mass is 16.5. The van der Waals surface area contributed by atoms with E-state index in [9.17, 15) is 0 Å². The molecule has 1 fully saturated rings. The topological polar surface area (TPSA) is 56.5 Å². The number of benzene rings is 1. The minimum atomic E-state index is -0.0256. The largest absolute Gasteiger partial charge is 0.496 e. The summed E-state index contributed by atoms with van der Waals surface area (Å²) >= 11 is 0. The van der Waals surface area contributed by atoms with Crippen molar-refractivity contribution in [2.24, 2.45) is 11.8 Å². The molecular formula is C15H24N2O2. The van der Waals surface area contributed by atoms with Crippen molar-refractivity contribution in [1.82, 2.24) is 5.43 Å². The molecule has 0 aliphatic heterocycles. The van der Waals surface area contributed by atoms with E-state index in [-0.39, 0.29) is 12.1 Å². The van der Waals surface area contributed by atoms with Crippen molar-refractivity contribution in [2.45, 2.75) is 38.8 Å². The quantitative estimate of drug-likeness (QED) is 0.586. The Balaban J connectivity index is 2.31. The fourth-order valence-electron chi connectivity index (χ4n) is 2.58. The lowest BCUT2D eigenvalue weighted by molar-refractivity contribution is 0.0179. The summed E-state index contributed by atoms with van der Waals surface area (Å²) in [5.74, 6) is 7.25. The summed E-state index contributed by atoms with van der Waals surface area (Å²) in [6.07, 6.45) is 2.55. The molecule has 106 valence electrons. The van der Waals surface area contributed by atoms with Gasteiger partial charge >= 0.3 is 0 Å². The Labute approximate surface area is 115 Å². The summed E-state index contributed by atoms with van der Waals surface area (Å²) in [6.45, 7) is 4.80. The Morgan fingerprint density at radius 3 is 2.68 bits per heavy atom. The smallest absolute Gasteiger partial charge is 0.123 e. The number of ether oxygens (including phenoxy) is 2. The zero-order valence-corrected chi connectivity index (χ0v) is 12.0. The first-order valence-electron chi connectivity index (χ1n) is 6.93. The Morgan fingerprint density at radius 1 is 1.42 bits per heavy atom. The first kappa shape index (κ1) is 14.3. The van der Waals surface area contributed by atoms with Crippen LogP contribution in [0.1, 0.15) is 36.9 Å². The maximum Gasteiger partial charge on any atom is 0.123 e. The zero-order valence-electron chi connectivity index (χ0n) is 12.0. The summed E-state index contributed by atoms with van der Waals surface area (Å²) in [5, 5.41) is 0. The average molecular weight is 264 g/mol. The van der Waals surface area contributed by atoms with Gasteiger partial charge < -0.3 is 9.47 Å². The van der Waals surface area contributed by atoms with Gasteiger partial charge in [-0.15, -0.1) is 0 Å². The van der Waals surface area contributed by atoms with E-state index >= 15 is 0 Å². The molecule has 2 rings (SSSR count). The predicted octanol–water partition coefficient (Wildman–Crippen LogP) is 2.32. The Kier molecular flexibility index (Phi) is 4.80. The number of hydrogen-bond acceptors (Lipinski definition) is 4. The second-order valence-corrected chi connectivity index (χ2v) is 5.15. The van der Waals surface area contributed by atoms with Gasteiger partial charge in [0, 0.05) is 12.2 Å². The second-order valence-electron chi connectivity index (χ2n) is 5.15.